The fourth-order valence-corrected chi connectivity index (χ4v) is 1.71. The molecule has 0 saturated heterocycles. The molecule has 2 nitrogen and oxygen atoms in total. The molecule has 1 N–H and O–H groups in total. The molecule has 0 saturated carbocycles. The summed E-state index contributed by atoms with van der Waals surface area (Å²) in [4.78, 5) is 0. The van der Waals surface area contributed by atoms with Crippen LogP contribution in [0.25, 0.3) is 0 Å². The van der Waals surface area contributed by atoms with Gasteiger partial charge in [0.15, 0.2) is 5.22 Å². The van der Waals surface area contributed by atoms with Crippen molar-refractivity contribution in [2.75, 3.05) is 0 Å². The number of aliphatic hydroxyl groups is 1. The first-order valence-corrected chi connectivity index (χ1v) is 5.52. The summed E-state index contributed by atoms with van der Waals surface area (Å²) in [7, 11) is 0. The monoisotopic (exact) mass is 236 g/mol. The summed E-state index contributed by atoms with van der Waals surface area (Å²) in [6.07, 6.45) is -0.111. The first kappa shape index (κ1) is 11.2. The summed E-state index contributed by atoms with van der Waals surface area (Å²) in [6, 6.07) is 11.4. The Labute approximate surface area is 99.5 Å². The van der Waals surface area contributed by atoms with Crippen molar-refractivity contribution in [3.63, 3.8) is 0 Å². The van der Waals surface area contributed by atoms with Gasteiger partial charge in [-0.2, -0.15) is 0 Å². The van der Waals surface area contributed by atoms with Crippen LogP contribution in [-0.4, -0.2) is 5.11 Å². The van der Waals surface area contributed by atoms with Crippen molar-refractivity contribution in [1.82, 2.24) is 0 Å². The van der Waals surface area contributed by atoms with E-state index in [0.29, 0.717) is 17.4 Å². The van der Waals surface area contributed by atoms with E-state index in [1.165, 1.54) is 5.56 Å². The summed E-state index contributed by atoms with van der Waals surface area (Å²) >= 11 is 5.65. The van der Waals surface area contributed by atoms with Crippen LogP contribution < -0.4 is 0 Å². The summed E-state index contributed by atoms with van der Waals surface area (Å²) in [5.41, 5.74) is 2.28. The van der Waals surface area contributed by atoms with E-state index in [1.807, 2.05) is 31.2 Å². The molecule has 0 fully saturated rings. The van der Waals surface area contributed by atoms with Gasteiger partial charge in [-0.3, -0.25) is 0 Å². The van der Waals surface area contributed by atoms with Gasteiger partial charge in [-0.15, -0.1) is 0 Å². The molecule has 0 aliphatic heterocycles. The zero-order valence-electron chi connectivity index (χ0n) is 8.98. The van der Waals surface area contributed by atoms with E-state index in [9.17, 15) is 5.11 Å². The molecule has 16 heavy (non-hydrogen) atoms. The molecule has 1 aromatic carbocycles. The highest BCUT2D eigenvalue weighted by molar-refractivity contribution is 6.28. The molecule has 1 atom stereocenters. The lowest BCUT2D eigenvalue weighted by Crippen LogP contribution is -2.00. The van der Waals surface area contributed by atoms with E-state index < -0.39 is 6.10 Å². The van der Waals surface area contributed by atoms with E-state index >= 15 is 0 Å². The predicted molar refractivity (Wildman–Crippen MR) is 63.6 cm³/mol. The van der Waals surface area contributed by atoms with Crippen molar-refractivity contribution in [3.8, 4) is 0 Å². The Hall–Kier alpha value is -1.25. The van der Waals surface area contributed by atoms with Gasteiger partial charge >= 0.3 is 0 Å². The fourth-order valence-electron chi connectivity index (χ4n) is 1.56. The molecule has 0 bridgehead atoms. The molecule has 1 unspecified atom stereocenters. The Balaban J connectivity index is 2.07. The molecule has 2 rings (SSSR count). The number of rotatable bonds is 3. The predicted octanol–water partition coefficient (Wildman–Crippen LogP) is 3.52. The number of aryl methyl sites for hydroxylation is 1. The lowest BCUT2D eigenvalue weighted by atomic mass is 10.1. The van der Waals surface area contributed by atoms with Gasteiger partial charge in [0.05, 0.1) is 0 Å². The second kappa shape index (κ2) is 4.73. The summed E-state index contributed by atoms with van der Waals surface area (Å²) in [6.45, 7) is 2.03. The highest BCUT2D eigenvalue weighted by Crippen LogP contribution is 2.23. The van der Waals surface area contributed by atoms with Gasteiger partial charge in [0.2, 0.25) is 0 Å². The highest BCUT2D eigenvalue weighted by Gasteiger charge is 2.12. The minimum Gasteiger partial charge on any atom is -0.447 e. The quantitative estimate of drug-likeness (QED) is 0.885. The zero-order chi connectivity index (χ0) is 11.5. The van der Waals surface area contributed by atoms with E-state index in [2.05, 4.69) is 0 Å². The van der Waals surface area contributed by atoms with Crippen LogP contribution in [0.2, 0.25) is 5.22 Å². The van der Waals surface area contributed by atoms with Gasteiger partial charge in [-0.1, -0.05) is 29.8 Å². The summed E-state index contributed by atoms with van der Waals surface area (Å²) in [5, 5.41) is 10.2. The van der Waals surface area contributed by atoms with Gasteiger partial charge in [0.1, 0.15) is 11.9 Å². The lowest BCUT2D eigenvalue weighted by Gasteiger charge is -2.07. The van der Waals surface area contributed by atoms with Crippen LogP contribution in [0, 0.1) is 6.92 Å². The minimum atomic E-state index is -0.643. The molecule has 1 heterocycles. The largest absolute Gasteiger partial charge is 0.447 e. The summed E-state index contributed by atoms with van der Waals surface area (Å²) in [5.74, 6) is 0.505. The molecular formula is C13H13ClO2. The Morgan fingerprint density at radius 2 is 1.88 bits per heavy atom. The van der Waals surface area contributed by atoms with Crippen LogP contribution >= 0.6 is 11.6 Å². The van der Waals surface area contributed by atoms with Gasteiger partial charge in [-0.25, -0.2) is 0 Å². The van der Waals surface area contributed by atoms with E-state index in [1.54, 1.807) is 12.1 Å². The van der Waals surface area contributed by atoms with Crippen molar-refractivity contribution < 1.29 is 9.52 Å². The first-order chi connectivity index (χ1) is 7.65. The number of aliphatic hydroxyl groups excluding tert-OH is 1. The smallest absolute Gasteiger partial charge is 0.193 e. The number of benzene rings is 1. The van der Waals surface area contributed by atoms with Crippen LogP contribution in [0.4, 0.5) is 0 Å². The third kappa shape index (κ3) is 2.65. The maximum absolute atomic E-state index is 9.90. The third-order valence-corrected chi connectivity index (χ3v) is 2.68. The molecule has 2 aromatic rings. The van der Waals surface area contributed by atoms with Crippen molar-refractivity contribution in [2.45, 2.75) is 19.4 Å². The Kier molecular flexibility index (Phi) is 3.32. The molecule has 0 radical (unpaired) electrons. The highest BCUT2D eigenvalue weighted by atomic mass is 35.5. The van der Waals surface area contributed by atoms with Crippen LogP contribution in [0.15, 0.2) is 40.8 Å². The summed E-state index contributed by atoms with van der Waals surface area (Å²) < 4.78 is 5.16. The maximum atomic E-state index is 9.90. The second-order valence-electron chi connectivity index (χ2n) is 3.85. The molecule has 0 aliphatic rings. The molecule has 1 aromatic heterocycles. The van der Waals surface area contributed by atoms with Crippen molar-refractivity contribution >= 4 is 11.6 Å². The first-order valence-electron chi connectivity index (χ1n) is 5.14. The lowest BCUT2D eigenvalue weighted by molar-refractivity contribution is 0.150. The Morgan fingerprint density at radius 1 is 1.19 bits per heavy atom. The number of furan rings is 1. The van der Waals surface area contributed by atoms with Gasteiger partial charge < -0.3 is 9.52 Å². The molecule has 0 amide bonds. The number of halogens is 1. The minimum absolute atomic E-state index is 0.304. The van der Waals surface area contributed by atoms with Gasteiger partial charge in [-0.05, 0) is 36.2 Å². The van der Waals surface area contributed by atoms with Crippen molar-refractivity contribution in [3.05, 3.63) is 58.5 Å². The fraction of sp³-hybridized carbons (Fsp3) is 0.231. The zero-order valence-corrected chi connectivity index (χ0v) is 9.74. The van der Waals surface area contributed by atoms with E-state index in [0.717, 1.165) is 5.56 Å². The maximum Gasteiger partial charge on any atom is 0.193 e. The normalized spacial score (nSPS) is 12.7. The van der Waals surface area contributed by atoms with Crippen molar-refractivity contribution in [2.24, 2.45) is 0 Å². The Morgan fingerprint density at radius 3 is 2.44 bits per heavy atom. The molecule has 0 spiro atoms. The van der Waals surface area contributed by atoms with Crippen molar-refractivity contribution in [1.29, 1.82) is 0 Å². The number of hydrogen-bond acceptors (Lipinski definition) is 2. The Bertz CT molecular complexity index is 459. The van der Waals surface area contributed by atoms with E-state index in [-0.39, 0.29) is 0 Å². The average Bonchev–Trinajstić information content (AvgIpc) is 2.68. The third-order valence-electron chi connectivity index (χ3n) is 2.47. The van der Waals surface area contributed by atoms with Crippen LogP contribution in [0.5, 0.6) is 0 Å². The molecule has 84 valence electrons. The molecular weight excluding hydrogens is 224 g/mol. The second-order valence-corrected chi connectivity index (χ2v) is 4.22. The van der Waals surface area contributed by atoms with Crippen LogP contribution in [0.3, 0.4) is 0 Å². The molecule has 3 heteroatoms. The van der Waals surface area contributed by atoms with Gasteiger partial charge in [0, 0.05) is 6.42 Å². The van der Waals surface area contributed by atoms with E-state index in [4.69, 9.17) is 16.0 Å². The topological polar surface area (TPSA) is 33.4 Å². The molecule has 0 aliphatic carbocycles. The standard InChI is InChI=1S/C13H13ClO2/c1-9-2-4-10(5-3-9)8-11(15)12-6-7-13(14)16-12/h2-7,11,15H,8H2,1H3. The van der Waals surface area contributed by atoms with Crippen LogP contribution in [0.1, 0.15) is 23.0 Å². The van der Waals surface area contributed by atoms with Gasteiger partial charge in [0.25, 0.3) is 0 Å². The SMILES string of the molecule is Cc1ccc(CC(O)c2ccc(Cl)o2)cc1. The average molecular weight is 237 g/mol. The van der Waals surface area contributed by atoms with Crippen LogP contribution in [-0.2, 0) is 6.42 Å². The number of hydrogen-bond donors (Lipinski definition) is 1.